The van der Waals surface area contributed by atoms with Crippen molar-refractivity contribution in [3.8, 4) is 0 Å². The zero-order valence-corrected chi connectivity index (χ0v) is 16.3. The number of hydrogen-bond acceptors (Lipinski definition) is 4. The van der Waals surface area contributed by atoms with Crippen LogP contribution in [0.25, 0.3) is 0 Å². The lowest BCUT2D eigenvalue weighted by molar-refractivity contribution is 0.00578. The molecule has 6 heteroatoms. The second kappa shape index (κ2) is 6.56. The third-order valence-corrected chi connectivity index (χ3v) is 5.90. The Hall–Kier alpha value is -1.11. The van der Waals surface area contributed by atoms with Crippen molar-refractivity contribution < 1.29 is 13.7 Å². The maximum atomic E-state index is 14.8. The summed E-state index contributed by atoms with van der Waals surface area (Å²) in [4.78, 5) is 4.70. The molecule has 0 saturated carbocycles. The van der Waals surface area contributed by atoms with Crippen LogP contribution in [-0.4, -0.2) is 55.4 Å². The minimum absolute atomic E-state index is 0.262. The Morgan fingerprint density at radius 3 is 2.04 bits per heavy atom. The quantitative estimate of drug-likeness (QED) is 0.784. The van der Waals surface area contributed by atoms with E-state index in [1.54, 1.807) is 6.07 Å². The van der Waals surface area contributed by atoms with E-state index >= 15 is 0 Å². The van der Waals surface area contributed by atoms with Gasteiger partial charge in [-0.05, 0) is 53.7 Å². The highest BCUT2D eigenvalue weighted by atomic mass is 19.1. The summed E-state index contributed by atoms with van der Waals surface area (Å²) in [5, 5.41) is 0. The first-order valence-electron chi connectivity index (χ1n) is 9.25. The predicted molar refractivity (Wildman–Crippen MR) is 101 cm³/mol. The van der Waals surface area contributed by atoms with Gasteiger partial charge in [0, 0.05) is 43.4 Å². The molecule has 0 aliphatic carbocycles. The van der Waals surface area contributed by atoms with Crippen LogP contribution in [0.5, 0.6) is 0 Å². The molecule has 25 heavy (non-hydrogen) atoms. The number of benzene rings is 1. The first kappa shape index (κ1) is 18.7. The third-order valence-electron chi connectivity index (χ3n) is 5.90. The molecule has 1 aromatic carbocycles. The highest BCUT2D eigenvalue weighted by molar-refractivity contribution is 6.62. The maximum absolute atomic E-state index is 14.8. The van der Waals surface area contributed by atoms with E-state index in [1.165, 1.54) is 0 Å². The lowest BCUT2D eigenvalue weighted by Gasteiger charge is -2.38. The van der Waals surface area contributed by atoms with Gasteiger partial charge in [-0.2, -0.15) is 0 Å². The van der Waals surface area contributed by atoms with Gasteiger partial charge in [0.1, 0.15) is 5.82 Å². The summed E-state index contributed by atoms with van der Waals surface area (Å²) in [6, 6.07) is 5.96. The van der Waals surface area contributed by atoms with Gasteiger partial charge in [0.2, 0.25) is 0 Å². The van der Waals surface area contributed by atoms with Crippen molar-refractivity contribution in [3.05, 3.63) is 24.0 Å². The molecule has 2 aliphatic rings. The highest BCUT2D eigenvalue weighted by Crippen LogP contribution is 2.36. The minimum Gasteiger partial charge on any atom is -0.399 e. The number of anilines is 1. The van der Waals surface area contributed by atoms with Crippen molar-refractivity contribution in [3.63, 3.8) is 0 Å². The number of nitrogens with zero attached hydrogens (tertiary/aromatic N) is 2. The minimum atomic E-state index is -0.656. The second-order valence-electron chi connectivity index (χ2n) is 8.41. The molecule has 0 aromatic heterocycles. The number of halogens is 1. The molecule has 0 amide bonds. The van der Waals surface area contributed by atoms with Gasteiger partial charge in [-0.25, -0.2) is 4.39 Å². The van der Waals surface area contributed by atoms with Crippen LogP contribution in [0.15, 0.2) is 18.2 Å². The molecule has 0 bridgehead atoms. The summed E-state index contributed by atoms with van der Waals surface area (Å²) in [6.45, 7) is 16.2. The lowest BCUT2D eigenvalue weighted by atomic mass is 9.78. The van der Waals surface area contributed by atoms with Crippen LogP contribution < -0.4 is 10.4 Å². The largest absolute Gasteiger partial charge is 0.497 e. The fourth-order valence-corrected chi connectivity index (χ4v) is 3.37. The Labute approximate surface area is 151 Å². The molecule has 2 aliphatic heterocycles. The van der Waals surface area contributed by atoms with E-state index in [-0.39, 0.29) is 5.82 Å². The molecule has 2 heterocycles. The van der Waals surface area contributed by atoms with E-state index in [0.717, 1.165) is 31.9 Å². The van der Waals surface area contributed by atoms with Crippen molar-refractivity contribution in [1.29, 1.82) is 0 Å². The monoisotopic (exact) mass is 348 g/mol. The molecule has 0 unspecified atom stereocenters. The second-order valence-corrected chi connectivity index (χ2v) is 8.41. The highest BCUT2D eigenvalue weighted by Gasteiger charge is 2.52. The van der Waals surface area contributed by atoms with E-state index in [0.29, 0.717) is 11.5 Å². The molecule has 1 aromatic rings. The fraction of sp³-hybridized carbons (Fsp3) is 0.684. The average molecular weight is 348 g/mol. The molecule has 0 N–H and O–H groups in total. The van der Waals surface area contributed by atoms with Gasteiger partial charge in [-0.1, -0.05) is 6.07 Å². The van der Waals surface area contributed by atoms with Crippen molar-refractivity contribution in [2.24, 2.45) is 0 Å². The zero-order valence-electron chi connectivity index (χ0n) is 16.3. The van der Waals surface area contributed by atoms with Crippen LogP contribution in [0.2, 0.25) is 0 Å². The van der Waals surface area contributed by atoms with Gasteiger partial charge in [-0.3, -0.25) is 4.90 Å². The predicted octanol–water partition coefficient (Wildman–Crippen LogP) is 2.66. The molecule has 138 valence electrons. The average Bonchev–Trinajstić information content (AvgIpc) is 2.75. The van der Waals surface area contributed by atoms with Crippen molar-refractivity contribution in [1.82, 2.24) is 4.90 Å². The summed E-state index contributed by atoms with van der Waals surface area (Å²) in [5.41, 5.74) is 0.482. The van der Waals surface area contributed by atoms with E-state index < -0.39 is 18.3 Å². The van der Waals surface area contributed by atoms with Gasteiger partial charge in [0.15, 0.2) is 0 Å². The smallest absolute Gasteiger partial charge is 0.399 e. The van der Waals surface area contributed by atoms with E-state index in [2.05, 4.69) is 23.6 Å². The number of rotatable bonds is 3. The van der Waals surface area contributed by atoms with E-state index in [4.69, 9.17) is 9.31 Å². The maximum Gasteiger partial charge on any atom is 0.497 e. The zero-order chi connectivity index (χ0) is 18.4. The van der Waals surface area contributed by atoms with Crippen LogP contribution in [0.4, 0.5) is 10.1 Å². The summed E-state index contributed by atoms with van der Waals surface area (Å²) >= 11 is 0. The molecule has 2 saturated heterocycles. The third kappa shape index (κ3) is 3.57. The van der Waals surface area contributed by atoms with E-state index in [1.807, 2.05) is 39.8 Å². The van der Waals surface area contributed by atoms with Crippen LogP contribution in [0.1, 0.15) is 41.5 Å². The van der Waals surface area contributed by atoms with Gasteiger partial charge >= 0.3 is 7.12 Å². The Morgan fingerprint density at radius 1 is 1.00 bits per heavy atom. The van der Waals surface area contributed by atoms with E-state index in [9.17, 15) is 4.39 Å². The molecule has 3 rings (SSSR count). The van der Waals surface area contributed by atoms with Crippen molar-refractivity contribution in [2.45, 2.75) is 58.8 Å². The Balaban J connectivity index is 1.72. The van der Waals surface area contributed by atoms with Gasteiger partial charge in [0.25, 0.3) is 0 Å². The topological polar surface area (TPSA) is 24.9 Å². The Kier molecular flexibility index (Phi) is 4.90. The van der Waals surface area contributed by atoms with Crippen molar-refractivity contribution >= 4 is 18.3 Å². The van der Waals surface area contributed by atoms with Crippen LogP contribution in [0, 0.1) is 5.82 Å². The summed E-state index contributed by atoms with van der Waals surface area (Å²) < 4.78 is 26.7. The van der Waals surface area contributed by atoms with Crippen LogP contribution >= 0.6 is 0 Å². The summed E-state index contributed by atoms with van der Waals surface area (Å²) in [6.07, 6.45) is 0. The molecule has 4 nitrogen and oxygen atoms in total. The molecular formula is C19H30BFN2O2. The fourth-order valence-electron chi connectivity index (χ4n) is 3.37. The van der Waals surface area contributed by atoms with Gasteiger partial charge in [0.05, 0.1) is 11.2 Å². The standard InChI is InChI=1S/C19H30BFN2O2/c1-14(2)22-9-11-23(12-10-22)15-7-8-16(17(21)13-15)20-24-18(3,4)19(5,6)25-20/h7-8,13-14H,9-12H2,1-6H3. The summed E-state index contributed by atoms with van der Waals surface area (Å²) in [7, 11) is -0.656. The molecular weight excluding hydrogens is 318 g/mol. The Bertz CT molecular complexity index is 612. The normalized spacial score (nSPS) is 23.5. The summed E-state index contributed by atoms with van der Waals surface area (Å²) in [5.74, 6) is -0.262. The SMILES string of the molecule is CC(C)N1CCN(c2ccc(B3OC(C)(C)C(C)(C)O3)c(F)c2)CC1. The molecule has 0 radical (unpaired) electrons. The Morgan fingerprint density at radius 2 is 1.56 bits per heavy atom. The van der Waals surface area contributed by atoms with Crippen LogP contribution in [0.3, 0.4) is 0 Å². The molecule has 0 atom stereocenters. The lowest BCUT2D eigenvalue weighted by Crippen LogP contribution is -2.49. The number of piperazine rings is 1. The molecule has 2 fully saturated rings. The van der Waals surface area contributed by atoms with Gasteiger partial charge in [-0.15, -0.1) is 0 Å². The molecule has 0 spiro atoms. The van der Waals surface area contributed by atoms with Crippen LogP contribution in [-0.2, 0) is 9.31 Å². The first-order chi connectivity index (χ1) is 11.6. The number of hydrogen-bond donors (Lipinski definition) is 0. The van der Waals surface area contributed by atoms with Crippen molar-refractivity contribution in [2.75, 3.05) is 31.1 Å². The first-order valence-corrected chi connectivity index (χ1v) is 9.25. The van der Waals surface area contributed by atoms with Gasteiger partial charge < -0.3 is 14.2 Å².